The zero-order valence-electron chi connectivity index (χ0n) is 25.0. The SMILES string of the molecule is CCCCCCCCCCCCCCOc1ccc(CCN(C(C)=O)c2cccc(CN3[C+]=C(C)N=N3)c2)cc1. The largest absolute Gasteiger partial charge is 0.494 e. The maximum atomic E-state index is 12.5. The number of benzene rings is 2. The monoisotopic (exact) mass is 545 g/mol. The number of hydrogen-bond acceptors (Lipinski definition) is 5. The van der Waals surface area contributed by atoms with E-state index in [9.17, 15) is 4.79 Å². The van der Waals surface area contributed by atoms with E-state index >= 15 is 0 Å². The summed E-state index contributed by atoms with van der Waals surface area (Å²) in [5.74, 6) is 0.950. The van der Waals surface area contributed by atoms with Gasteiger partial charge in [0.1, 0.15) is 12.3 Å². The third-order valence-electron chi connectivity index (χ3n) is 7.34. The highest BCUT2D eigenvalue weighted by molar-refractivity contribution is 5.91. The van der Waals surface area contributed by atoms with Crippen molar-refractivity contribution in [2.45, 2.75) is 111 Å². The molecule has 0 atom stereocenters. The summed E-state index contributed by atoms with van der Waals surface area (Å²) in [5, 5.41) is 9.76. The van der Waals surface area contributed by atoms with E-state index in [0.717, 1.165) is 42.1 Å². The van der Waals surface area contributed by atoms with Gasteiger partial charge in [-0.3, -0.25) is 4.79 Å². The highest BCUT2D eigenvalue weighted by Crippen LogP contribution is 2.21. The summed E-state index contributed by atoms with van der Waals surface area (Å²) in [5.41, 5.74) is 3.90. The van der Waals surface area contributed by atoms with E-state index in [1.807, 2.05) is 48.2 Å². The molecule has 0 radical (unpaired) electrons. The van der Waals surface area contributed by atoms with Crippen molar-refractivity contribution in [3.8, 4) is 5.75 Å². The number of unbranched alkanes of at least 4 members (excludes halogenated alkanes) is 11. The summed E-state index contributed by atoms with van der Waals surface area (Å²) < 4.78 is 5.97. The number of ether oxygens (including phenoxy) is 1. The Kier molecular flexibility index (Phi) is 14.2. The topological polar surface area (TPSA) is 57.5 Å². The molecule has 0 bridgehead atoms. The van der Waals surface area contributed by atoms with Crippen molar-refractivity contribution in [1.29, 1.82) is 0 Å². The third-order valence-corrected chi connectivity index (χ3v) is 7.34. The van der Waals surface area contributed by atoms with Crippen LogP contribution < -0.4 is 9.64 Å². The van der Waals surface area contributed by atoms with Crippen LogP contribution in [-0.4, -0.2) is 24.1 Å². The molecule has 40 heavy (non-hydrogen) atoms. The van der Waals surface area contributed by atoms with Gasteiger partial charge in [0.2, 0.25) is 5.91 Å². The molecule has 6 heteroatoms. The predicted octanol–water partition coefficient (Wildman–Crippen LogP) is 9.21. The Bertz CT molecular complexity index is 1060. The Labute approximate surface area is 242 Å². The normalized spacial score (nSPS) is 12.4. The van der Waals surface area contributed by atoms with Crippen LogP contribution in [0.5, 0.6) is 5.75 Å². The molecule has 1 heterocycles. The molecule has 1 amide bonds. The van der Waals surface area contributed by atoms with E-state index in [2.05, 4.69) is 35.6 Å². The highest BCUT2D eigenvalue weighted by Gasteiger charge is 2.22. The minimum Gasteiger partial charge on any atom is -0.494 e. The van der Waals surface area contributed by atoms with Crippen LogP contribution in [0.25, 0.3) is 0 Å². The quantitative estimate of drug-likeness (QED) is 0.123. The van der Waals surface area contributed by atoms with Gasteiger partial charge in [-0.1, -0.05) is 107 Å². The Balaban J connectivity index is 1.31. The summed E-state index contributed by atoms with van der Waals surface area (Å²) in [4.78, 5) is 14.3. The van der Waals surface area contributed by atoms with Gasteiger partial charge in [-0.25, -0.2) is 0 Å². The molecular formula is C34H49N4O2+. The van der Waals surface area contributed by atoms with Crippen LogP contribution in [-0.2, 0) is 17.8 Å². The fourth-order valence-corrected chi connectivity index (χ4v) is 5.01. The molecule has 1 aliphatic heterocycles. The smallest absolute Gasteiger partial charge is 0.422 e. The van der Waals surface area contributed by atoms with Crippen LogP contribution >= 0.6 is 0 Å². The molecule has 2 aromatic rings. The molecule has 0 saturated carbocycles. The molecule has 0 fully saturated rings. The van der Waals surface area contributed by atoms with Gasteiger partial charge in [0.15, 0.2) is 0 Å². The first-order valence-electron chi connectivity index (χ1n) is 15.4. The number of carbonyl (C=O) groups is 1. The van der Waals surface area contributed by atoms with Gasteiger partial charge >= 0.3 is 11.9 Å². The third kappa shape index (κ3) is 11.9. The number of carbonyl (C=O) groups excluding carboxylic acids is 1. The maximum Gasteiger partial charge on any atom is 0.422 e. The molecule has 0 aromatic heterocycles. The predicted molar refractivity (Wildman–Crippen MR) is 164 cm³/mol. The van der Waals surface area contributed by atoms with E-state index in [4.69, 9.17) is 4.74 Å². The van der Waals surface area contributed by atoms with Crippen LogP contribution in [0, 0.1) is 6.20 Å². The summed E-state index contributed by atoms with van der Waals surface area (Å²) in [6.07, 6.45) is 20.0. The molecular weight excluding hydrogens is 496 g/mol. The minimum atomic E-state index is 0.0303. The van der Waals surface area contributed by atoms with Gasteiger partial charge in [-0.15, -0.1) is 0 Å². The molecule has 216 valence electrons. The van der Waals surface area contributed by atoms with Crippen molar-refractivity contribution in [3.05, 3.63) is 71.6 Å². The molecule has 3 rings (SSSR count). The van der Waals surface area contributed by atoms with Crippen molar-refractivity contribution < 1.29 is 9.53 Å². The first-order chi connectivity index (χ1) is 19.5. The molecule has 1 aliphatic rings. The molecule has 0 saturated heterocycles. The summed E-state index contributed by atoms with van der Waals surface area (Å²) in [7, 11) is 0. The lowest BCUT2D eigenvalue weighted by atomic mass is 10.1. The van der Waals surface area contributed by atoms with Gasteiger partial charge in [-0.2, -0.15) is 0 Å². The lowest BCUT2D eigenvalue weighted by Crippen LogP contribution is -2.30. The molecule has 0 N–H and O–H groups in total. The van der Waals surface area contributed by atoms with Gasteiger partial charge in [-0.05, 0) is 58.5 Å². The number of amides is 1. The van der Waals surface area contributed by atoms with E-state index in [1.54, 1.807) is 11.9 Å². The maximum absolute atomic E-state index is 12.5. The molecule has 6 nitrogen and oxygen atoms in total. The second-order valence-corrected chi connectivity index (χ2v) is 10.9. The van der Waals surface area contributed by atoms with Crippen molar-refractivity contribution in [1.82, 2.24) is 5.01 Å². The van der Waals surface area contributed by atoms with E-state index < -0.39 is 0 Å². The number of hydrogen-bond donors (Lipinski definition) is 0. The number of rotatable bonds is 20. The van der Waals surface area contributed by atoms with Crippen molar-refractivity contribution in [2.24, 2.45) is 10.3 Å². The van der Waals surface area contributed by atoms with Crippen LogP contribution in [0.3, 0.4) is 0 Å². The van der Waals surface area contributed by atoms with Crippen LogP contribution in [0.2, 0.25) is 0 Å². The van der Waals surface area contributed by atoms with Crippen LogP contribution in [0.4, 0.5) is 5.69 Å². The van der Waals surface area contributed by atoms with Crippen molar-refractivity contribution in [2.75, 3.05) is 18.1 Å². The lowest BCUT2D eigenvalue weighted by Gasteiger charge is -2.22. The molecule has 0 spiro atoms. The highest BCUT2D eigenvalue weighted by atomic mass is 16.5. The zero-order valence-corrected chi connectivity index (χ0v) is 25.0. The second-order valence-electron chi connectivity index (χ2n) is 10.9. The van der Waals surface area contributed by atoms with Gasteiger partial charge < -0.3 is 9.64 Å². The molecule has 0 unspecified atom stereocenters. The van der Waals surface area contributed by atoms with Crippen molar-refractivity contribution >= 4 is 11.6 Å². The number of nitrogens with zero attached hydrogens (tertiary/aromatic N) is 4. The van der Waals surface area contributed by atoms with Gasteiger partial charge in [0.05, 0.1) is 6.61 Å². The first-order valence-corrected chi connectivity index (χ1v) is 15.4. The van der Waals surface area contributed by atoms with E-state index in [-0.39, 0.29) is 5.91 Å². The minimum absolute atomic E-state index is 0.0303. The number of anilines is 1. The number of allylic oxidation sites excluding steroid dienone is 1. The van der Waals surface area contributed by atoms with Crippen molar-refractivity contribution in [3.63, 3.8) is 0 Å². The Hall–Kier alpha value is -3.24. The molecule has 2 aromatic carbocycles. The summed E-state index contributed by atoms with van der Waals surface area (Å²) in [6.45, 7) is 7.73. The standard InChI is InChI=1S/C34H49N4O2/c1-4-5-6-7-8-9-10-11-12-13-14-15-25-40-34-21-19-31(20-22-34)23-24-38(30(3)39)33-18-16-17-32(26-33)28-37-27-29(2)35-36-37/h16-22,26H,4-15,23-25,28H2,1-3H3/q+1. The Morgan fingerprint density at radius 3 is 2.12 bits per heavy atom. The van der Waals surface area contributed by atoms with Gasteiger partial charge in [0, 0.05) is 26.1 Å². The fraction of sp³-hybridized carbons (Fsp3) is 0.559. The average Bonchev–Trinajstić information content (AvgIpc) is 3.36. The average molecular weight is 546 g/mol. The zero-order chi connectivity index (χ0) is 28.4. The second kappa shape index (κ2) is 18.2. The molecule has 0 aliphatic carbocycles. The Morgan fingerprint density at radius 1 is 0.875 bits per heavy atom. The van der Waals surface area contributed by atoms with Crippen LogP contribution in [0.15, 0.2) is 64.6 Å². The van der Waals surface area contributed by atoms with E-state index in [0.29, 0.717) is 13.1 Å². The van der Waals surface area contributed by atoms with Gasteiger partial charge in [0.25, 0.3) is 0 Å². The Morgan fingerprint density at radius 2 is 1.52 bits per heavy atom. The van der Waals surface area contributed by atoms with E-state index in [1.165, 1.54) is 76.2 Å². The fourth-order valence-electron chi connectivity index (χ4n) is 5.01. The lowest BCUT2D eigenvalue weighted by molar-refractivity contribution is -0.116. The van der Waals surface area contributed by atoms with Crippen LogP contribution in [0.1, 0.15) is 109 Å². The first kappa shape index (κ1) is 31.3. The summed E-state index contributed by atoms with van der Waals surface area (Å²) in [6, 6.07) is 16.3. The summed E-state index contributed by atoms with van der Waals surface area (Å²) >= 11 is 0.